The molecule has 0 aromatic heterocycles. The van der Waals surface area contributed by atoms with Crippen molar-refractivity contribution < 1.29 is 74.7 Å². The van der Waals surface area contributed by atoms with Crippen molar-refractivity contribution in [2.24, 2.45) is 56.7 Å². The maximum Gasteiger partial charge on any atom is 0.348 e. The van der Waals surface area contributed by atoms with Gasteiger partial charge in [0.25, 0.3) is 0 Å². The van der Waals surface area contributed by atoms with Gasteiger partial charge in [-0.25, -0.2) is 4.79 Å². The van der Waals surface area contributed by atoms with Crippen LogP contribution in [0.5, 0.6) is 0 Å². The number of fused-ring (bicyclic) bond motifs is 7. The van der Waals surface area contributed by atoms with Crippen molar-refractivity contribution in [2.45, 2.75) is 166 Å². The first-order valence-corrected chi connectivity index (χ1v) is 21.2. The Kier molecular flexibility index (Phi) is 11.9. The molecular weight excluding hydrogens is 744 g/mol. The molecule has 7 aliphatic rings. The van der Waals surface area contributed by atoms with Gasteiger partial charge in [0.2, 0.25) is 6.29 Å². The SMILES string of the molecule is C=C(C)[C@@H]1CC[C@]2(C(=O)OO[C@@H]3O[C@H](CO[C@@H]4O[C@H](CO)[C@@H](O)[C@H](O)[C@H]4O)[C@@H](O)[C@H](O)[C@H]3O)CC[C@]3(C)[C@@H](CC[C@@H]4[C@@]5(C)CC[C@H](O)[C@@](C)(CO)[C@H]5CC[C@]43C)[C@@H]12. The van der Waals surface area contributed by atoms with E-state index in [0.29, 0.717) is 25.2 Å². The van der Waals surface area contributed by atoms with Gasteiger partial charge in [-0.1, -0.05) is 39.8 Å². The van der Waals surface area contributed by atoms with E-state index in [4.69, 9.17) is 24.0 Å². The molecule has 2 aliphatic heterocycles. The number of hydrogen-bond acceptors (Lipinski definition) is 15. The fourth-order valence-electron chi connectivity index (χ4n) is 14.2. The van der Waals surface area contributed by atoms with E-state index in [9.17, 15) is 50.8 Å². The van der Waals surface area contributed by atoms with E-state index in [1.165, 1.54) is 0 Å². The van der Waals surface area contributed by atoms with Crippen LogP contribution in [0.3, 0.4) is 0 Å². The molecule has 9 N–H and O–H groups in total. The predicted octanol–water partition coefficient (Wildman–Crippen LogP) is 1.08. The molecule has 0 aromatic rings. The molecule has 326 valence electrons. The average molecular weight is 813 g/mol. The Hall–Kier alpha value is -1.31. The molecule has 0 unspecified atom stereocenters. The number of hydrogen-bond donors (Lipinski definition) is 9. The van der Waals surface area contributed by atoms with Crippen LogP contribution >= 0.6 is 0 Å². The van der Waals surface area contributed by atoms with Gasteiger partial charge in [-0.2, -0.15) is 0 Å². The lowest BCUT2D eigenvalue weighted by molar-refractivity contribution is -0.412. The fraction of sp³-hybridized carbons (Fsp3) is 0.929. The summed E-state index contributed by atoms with van der Waals surface area (Å²) in [6, 6.07) is 0. The fourth-order valence-corrected chi connectivity index (χ4v) is 14.2. The first-order valence-electron chi connectivity index (χ1n) is 21.2. The molecule has 5 aliphatic carbocycles. The minimum atomic E-state index is -1.81. The van der Waals surface area contributed by atoms with Crippen molar-refractivity contribution in [1.29, 1.82) is 0 Å². The topological polar surface area (TPSA) is 245 Å². The molecule has 21 atom stereocenters. The number of aliphatic hydroxyl groups excluding tert-OH is 9. The van der Waals surface area contributed by atoms with E-state index in [-0.39, 0.29) is 46.5 Å². The lowest BCUT2D eigenvalue weighted by atomic mass is 9.32. The smallest absolute Gasteiger partial charge is 0.348 e. The Labute approximate surface area is 335 Å². The molecule has 2 saturated heterocycles. The molecule has 15 nitrogen and oxygen atoms in total. The van der Waals surface area contributed by atoms with E-state index in [2.05, 4.69) is 34.3 Å². The van der Waals surface area contributed by atoms with Gasteiger partial charge in [-0.3, -0.25) is 4.89 Å². The highest BCUT2D eigenvalue weighted by Gasteiger charge is 2.72. The van der Waals surface area contributed by atoms with Gasteiger partial charge in [-0.05, 0) is 117 Å². The molecule has 57 heavy (non-hydrogen) atoms. The molecule has 0 spiro atoms. The van der Waals surface area contributed by atoms with Gasteiger partial charge in [0, 0.05) is 5.41 Å². The summed E-state index contributed by atoms with van der Waals surface area (Å²) >= 11 is 0. The second-order valence-electron chi connectivity index (χ2n) is 20.1. The first-order chi connectivity index (χ1) is 26.8. The predicted molar refractivity (Wildman–Crippen MR) is 200 cm³/mol. The van der Waals surface area contributed by atoms with Crippen molar-refractivity contribution in [2.75, 3.05) is 19.8 Å². The summed E-state index contributed by atoms with van der Waals surface area (Å²) in [6.07, 6.45) is -8.65. The summed E-state index contributed by atoms with van der Waals surface area (Å²) in [6.45, 7) is 14.5. The monoisotopic (exact) mass is 812 g/mol. The second kappa shape index (κ2) is 15.5. The van der Waals surface area contributed by atoms with Crippen LogP contribution in [-0.2, 0) is 28.8 Å². The summed E-state index contributed by atoms with van der Waals surface area (Å²) in [7, 11) is 0. The Bertz CT molecular complexity index is 1500. The molecule has 5 saturated carbocycles. The quantitative estimate of drug-likeness (QED) is 0.0899. The number of allylic oxidation sites excluding steroid dienone is 1. The number of carbonyl (C=O) groups is 1. The average Bonchev–Trinajstić information content (AvgIpc) is 3.59. The van der Waals surface area contributed by atoms with Gasteiger partial charge in [-0.15, -0.1) is 4.89 Å². The lowest BCUT2D eigenvalue weighted by Gasteiger charge is -2.72. The number of carbonyl (C=O) groups excluding carboxylic acids is 1. The van der Waals surface area contributed by atoms with Crippen molar-refractivity contribution >= 4 is 5.97 Å². The zero-order valence-electron chi connectivity index (χ0n) is 34.1. The summed E-state index contributed by atoms with van der Waals surface area (Å²) < 4.78 is 16.6. The largest absolute Gasteiger partial charge is 0.396 e. The van der Waals surface area contributed by atoms with Crippen molar-refractivity contribution in [3.8, 4) is 0 Å². The molecule has 15 heteroatoms. The Morgan fingerprint density at radius 3 is 2.00 bits per heavy atom. The Morgan fingerprint density at radius 2 is 1.35 bits per heavy atom. The zero-order valence-corrected chi connectivity index (χ0v) is 34.1. The van der Waals surface area contributed by atoms with Crippen molar-refractivity contribution in [3.05, 3.63) is 12.2 Å². The van der Waals surface area contributed by atoms with Crippen molar-refractivity contribution in [3.63, 3.8) is 0 Å². The molecule has 7 fully saturated rings. The van der Waals surface area contributed by atoms with Crippen LogP contribution in [-0.4, -0.2) is 139 Å². The van der Waals surface area contributed by atoms with E-state index in [0.717, 1.165) is 50.5 Å². The molecule has 2 heterocycles. The maximum absolute atomic E-state index is 14.5. The highest BCUT2D eigenvalue weighted by atomic mass is 17.2. The third kappa shape index (κ3) is 6.51. The molecule has 0 bridgehead atoms. The van der Waals surface area contributed by atoms with Gasteiger partial charge in [0.05, 0.1) is 31.3 Å². The molecule has 0 aromatic carbocycles. The normalized spacial score (nSPS) is 54.8. The molecule has 0 radical (unpaired) electrons. The van der Waals surface area contributed by atoms with Crippen molar-refractivity contribution in [1.82, 2.24) is 0 Å². The number of rotatable bonds is 9. The van der Waals surface area contributed by atoms with Crippen LogP contribution in [0.15, 0.2) is 12.2 Å². The van der Waals surface area contributed by atoms with Gasteiger partial charge in [0.1, 0.15) is 48.8 Å². The van der Waals surface area contributed by atoms with Gasteiger partial charge < -0.3 is 60.2 Å². The van der Waals surface area contributed by atoms with Crippen LogP contribution in [0.25, 0.3) is 0 Å². The van der Waals surface area contributed by atoms with E-state index in [1.807, 2.05) is 6.92 Å². The zero-order chi connectivity index (χ0) is 41.6. The summed E-state index contributed by atoms with van der Waals surface area (Å²) in [5.41, 5.74) is -0.619. The summed E-state index contributed by atoms with van der Waals surface area (Å²) in [5, 5.41) is 94.2. The van der Waals surface area contributed by atoms with Crippen LogP contribution in [0.1, 0.15) is 98.8 Å². The minimum Gasteiger partial charge on any atom is -0.396 e. The Balaban J connectivity index is 1.07. The van der Waals surface area contributed by atoms with Gasteiger partial charge >= 0.3 is 5.97 Å². The highest BCUT2D eigenvalue weighted by Crippen LogP contribution is 2.77. The minimum absolute atomic E-state index is 0.0358. The summed E-state index contributed by atoms with van der Waals surface area (Å²) in [5.74, 6) is 0.201. The van der Waals surface area contributed by atoms with Crippen LogP contribution in [0.2, 0.25) is 0 Å². The molecular formula is C42H68O15. The van der Waals surface area contributed by atoms with E-state index < -0.39 is 97.5 Å². The second-order valence-corrected chi connectivity index (χ2v) is 20.1. The molecule has 0 amide bonds. The number of ether oxygens (including phenoxy) is 3. The molecule has 7 rings (SSSR count). The highest BCUT2D eigenvalue weighted by molar-refractivity contribution is 5.78. The number of aliphatic hydroxyl groups is 9. The van der Waals surface area contributed by atoms with Crippen LogP contribution in [0, 0.1) is 56.7 Å². The van der Waals surface area contributed by atoms with Gasteiger partial charge in [0.15, 0.2) is 6.29 Å². The lowest BCUT2D eigenvalue weighted by Crippen LogP contribution is -2.67. The van der Waals surface area contributed by atoms with Crippen LogP contribution in [0.4, 0.5) is 0 Å². The van der Waals surface area contributed by atoms with Crippen LogP contribution < -0.4 is 0 Å². The Morgan fingerprint density at radius 1 is 0.702 bits per heavy atom. The standard InChI is InChI=1S/C42H68O15/c1-20(2)21-9-14-42(37(52)57-56-36-34(51)32(49)30(47)24(55-36)18-53-35-33(50)31(48)29(46)23(17-43)54-35)16-15-40(5)22(28(21)42)7-8-26-38(3)12-11-27(45)39(4,19-44)25(38)10-13-41(26,40)6/h21-36,43-51H,1,7-19H2,2-6H3/t21-,22-,23+,24+,25-,26+,27-,28+,29+,30+,31-,32-,33+,34+,35+,36-,38-,39-,40+,41+,42-/m0/s1. The third-order valence-corrected chi connectivity index (χ3v) is 17.8. The van der Waals surface area contributed by atoms with E-state index >= 15 is 0 Å². The first kappa shape index (κ1) is 43.8. The maximum atomic E-state index is 14.5. The third-order valence-electron chi connectivity index (χ3n) is 17.8. The van der Waals surface area contributed by atoms with E-state index in [1.54, 1.807) is 0 Å². The summed E-state index contributed by atoms with van der Waals surface area (Å²) in [4.78, 5) is 25.7.